The molecule has 2 aromatic carbocycles. The van der Waals surface area contributed by atoms with Gasteiger partial charge in [-0.05, 0) is 35.8 Å². The highest BCUT2D eigenvalue weighted by molar-refractivity contribution is 7.26. The van der Waals surface area contributed by atoms with Crippen LogP contribution in [0.15, 0.2) is 24.3 Å². The van der Waals surface area contributed by atoms with Crippen LogP contribution in [0.3, 0.4) is 0 Å². The fraction of sp³-hybridized carbons (Fsp3) is 0.647. The molecular weight excluding hydrogens is 582 g/mol. The van der Waals surface area contributed by atoms with Gasteiger partial charge in [-0.1, -0.05) is 93.9 Å². The lowest BCUT2D eigenvalue weighted by Gasteiger charge is -2.27. The molecular formula is C34H56O7P2. The summed E-state index contributed by atoms with van der Waals surface area (Å²) in [6.07, 6.45) is 9.16. The summed E-state index contributed by atoms with van der Waals surface area (Å²) in [5, 5.41) is 0. The Balaban J connectivity index is 2.48. The predicted octanol–water partition coefficient (Wildman–Crippen LogP) is 11.1. The lowest BCUT2D eigenvalue weighted by molar-refractivity contribution is 0.309. The first kappa shape index (κ1) is 37.4. The summed E-state index contributed by atoms with van der Waals surface area (Å²) in [5.74, 6) is 3.65. The fourth-order valence-electron chi connectivity index (χ4n) is 4.41. The first-order valence-electron chi connectivity index (χ1n) is 15.7. The summed E-state index contributed by atoms with van der Waals surface area (Å²) in [6.45, 7) is 18.6. The molecule has 2 aromatic rings. The zero-order chi connectivity index (χ0) is 31.9. The van der Waals surface area contributed by atoms with Crippen LogP contribution >= 0.6 is 18.1 Å². The second-order valence-corrected chi connectivity index (χ2v) is 14.1. The van der Waals surface area contributed by atoms with Crippen LogP contribution in [-0.2, 0) is 19.9 Å². The third kappa shape index (κ3) is 12.6. The molecule has 0 amide bonds. The Kier molecular flexibility index (Phi) is 16.4. The van der Waals surface area contributed by atoms with Crippen molar-refractivity contribution in [3.63, 3.8) is 0 Å². The highest BCUT2D eigenvalue weighted by atomic mass is 31.1. The van der Waals surface area contributed by atoms with Gasteiger partial charge in [0.1, 0.15) is 11.5 Å². The van der Waals surface area contributed by atoms with Gasteiger partial charge >= 0.3 is 0 Å². The molecule has 0 saturated carbocycles. The van der Waals surface area contributed by atoms with E-state index >= 15 is 0 Å². The van der Waals surface area contributed by atoms with Gasteiger partial charge in [0.05, 0.1) is 27.4 Å². The third-order valence-electron chi connectivity index (χ3n) is 6.97. The van der Waals surface area contributed by atoms with Gasteiger partial charge in [-0.3, -0.25) is 0 Å². The number of benzene rings is 2. The van der Waals surface area contributed by atoms with E-state index in [-0.39, 0.29) is 28.9 Å². The summed E-state index contributed by atoms with van der Waals surface area (Å²) in [4.78, 5) is 0. The molecule has 0 spiro atoms. The normalized spacial score (nSPS) is 12.4. The van der Waals surface area contributed by atoms with Crippen molar-refractivity contribution in [1.29, 1.82) is 0 Å². The highest BCUT2D eigenvalue weighted by Crippen LogP contribution is 2.50. The lowest BCUT2D eigenvalue weighted by Crippen LogP contribution is -2.14. The van der Waals surface area contributed by atoms with Crippen LogP contribution in [0.2, 0.25) is 0 Å². The van der Waals surface area contributed by atoms with Crippen molar-refractivity contribution in [2.75, 3.05) is 27.4 Å². The lowest BCUT2D eigenvalue weighted by atomic mass is 9.85. The van der Waals surface area contributed by atoms with E-state index in [1.807, 2.05) is 24.3 Å². The number of rotatable bonds is 20. The second kappa shape index (κ2) is 18.9. The van der Waals surface area contributed by atoms with Crippen molar-refractivity contribution in [3.05, 3.63) is 35.4 Å². The van der Waals surface area contributed by atoms with Crippen LogP contribution in [0, 0.1) is 0 Å². The Morgan fingerprint density at radius 3 is 1.28 bits per heavy atom. The number of methoxy groups -OCH3 is 2. The van der Waals surface area contributed by atoms with Gasteiger partial charge in [0.15, 0.2) is 23.0 Å². The highest BCUT2D eigenvalue weighted by Gasteiger charge is 2.28. The van der Waals surface area contributed by atoms with E-state index in [4.69, 9.17) is 32.3 Å². The van der Waals surface area contributed by atoms with Crippen molar-refractivity contribution in [3.8, 4) is 34.5 Å². The Morgan fingerprint density at radius 1 is 0.558 bits per heavy atom. The quantitative estimate of drug-likeness (QED) is 0.106. The first-order chi connectivity index (χ1) is 20.5. The molecule has 43 heavy (non-hydrogen) atoms. The van der Waals surface area contributed by atoms with Crippen LogP contribution in [0.1, 0.15) is 118 Å². The van der Waals surface area contributed by atoms with Crippen molar-refractivity contribution in [1.82, 2.24) is 0 Å². The summed E-state index contributed by atoms with van der Waals surface area (Å²) >= 11 is 0. The zero-order valence-corrected chi connectivity index (χ0v) is 30.2. The van der Waals surface area contributed by atoms with E-state index in [1.54, 1.807) is 14.2 Å². The maximum absolute atomic E-state index is 6.71. The van der Waals surface area contributed by atoms with Crippen molar-refractivity contribution >= 4 is 18.1 Å². The largest absolute Gasteiger partial charge is 0.497 e. The van der Waals surface area contributed by atoms with Gasteiger partial charge in [0.25, 0.3) is 0 Å². The van der Waals surface area contributed by atoms with Gasteiger partial charge in [-0.15, -0.1) is 0 Å². The van der Waals surface area contributed by atoms with Gasteiger partial charge < -0.3 is 32.3 Å². The predicted molar refractivity (Wildman–Crippen MR) is 182 cm³/mol. The zero-order valence-electron chi connectivity index (χ0n) is 28.2. The second-order valence-electron chi connectivity index (χ2n) is 12.8. The molecule has 2 rings (SSSR count). The molecule has 0 radical (unpaired) electrons. The minimum absolute atomic E-state index is 0.161. The minimum atomic E-state index is -0.245. The first-order valence-corrected chi connectivity index (χ1v) is 17.3. The molecule has 9 heteroatoms. The molecule has 0 aliphatic rings. The standard InChI is InChI=1S/C34H56O7P2/c1-11-13-15-17-19-37-42-40-31-27(33(3,4)5)21-25(35-9)23-29(31)39-30-24-26(36-10)22-28(34(6,7)8)32(30)41-43-38-20-18-16-14-12-2/h21-24,42-43H,11-20H2,1-10H3. The molecule has 0 fully saturated rings. The van der Waals surface area contributed by atoms with Gasteiger partial charge in [-0.25, -0.2) is 0 Å². The van der Waals surface area contributed by atoms with Crippen LogP contribution in [0.4, 0.5) is 0 Å². The number of hydrogen-bond acceptors (Lipinski definition) is 7. The fourth-order valence-corrected chi connectivity index (χ4v) is 5.57. The third-order valence-corrected chi connectivity index (χ3v) is 8.19. The molecule has 0 aromatic heterocycles. The molecule has 2 unspecified atom stereocenters. The summed E-state index contributed by atoms with van der Waals surface area (Å²) in [6, 6.07) is 7.71. The van der Waals surface area contributed by atoms with Gasteiger partial charge in [-0.2, -0.15) is 0 Å². The minimum Gasteiger partial charge on any atom is -0.497 e. The molecule has 7 nitrogen and oxygen atoms in total. The van der Waals surface area contributed by atoms with Crippen molar-refractivity contribution in [2.24, 2.45) is 0 Å². The van der Waals surface area contributed by atoms with Crippen LogP contribution in [-0.4, -0.2) is 27.4 Å². The van der Waals surface area contributed by atoms with E-state index in [2.05, 4.69) is 55.4 Å². The van der Waals surface area contributed by atoms with Crippen LogP contribution in [0.25, 0.3) is 0 Å². The summed E-state index contributed by atoms with van der Waals surface area (Å²) < 4.78 is 42.6. The SMILES string of the molecule is CCCCCCOPOc1c(Oc2cc(OC)cc(C(C)(C)C)c2OPOCCCCCC)cc(OC)cc1C(C)(C)C. The van der Waals surface area contributed by atoms with Crippen molar-refractivity contribution in [2.45, 2.75) is 118 Å². The average Bonchev–Trinajstić information content (AvgIpc) is 2.95. The van der Waals surface area contributed by atoms with Gasteiger partial charge in [0, 0.05) is 23.3 Å². The average molecular weight is 639 g/mol. The van der Waals surface area contributed by atoms with Crippen LogP contribution in [0.5, 0.6) is 34.5 Å². The number of hydrogen-bond donors (Lipinski definition) is 0. The molecule has 0 N–H and O–H groups in total. The van der Waals surface area contributed by atoms with E-state index in [1.165, 1.54) is 25.7 Å². The Hall–Kier alpha value is -1.78. The van der Waals surface area contributed by atoms with E-state index in [0.717, 1.165) is 36.8 Å². The Morgan fingerprint density at radius 2 is 0.953 bits per heavy atom. The summed E-state index contributed by atoms with van der Waals surface area (Å²) in [5.41, 5.74) is 1.43. The molecule has 0 bridgehead atoms. The molecule has 0 aliphatic carbocycles. The molecule has 0 aliphatic heterocycles. The molecule has 244 valence electrons. The summed E-state index contributed by atoms with van der Waals surface area (Å²) in [7, 11) is 2.99. The van der Waals surface area contributed by atoms with E-state index < -0.39 is 0 Å². The van der Waals surface area contributed by atoms with Gasteiger partial charge in [0.2, 0.25) is 18.1 Å². The Bertz CT molecular complexity index is 1010. The smallest absolute Gasteiger partial charge is 0.215 e. The molecule has 2 atom stereocenters. The maximum Gasteiger partial charge on any atom is 0.215 e. The van der Waals surface area contributed by atoms with Crippen molar-refractivity contribution < 1.29 is 32.3 Å². The molecule has 0 heterocycles. The van der Waals surface area contributed by atoms with E-state index in [9.17, 15) is 0 Å². The number of unbranched alkanes of at least 4 members (excludes halogenated alkanes) is 6. The Labute approximate surface area is 264 Å². The number of ether oxygens (including phenoxy) is 3. The molecule has 0 saturated heterocycles. The monoisotopic (exact) mass is 638 g/mol. The maximum atomic E-state index is 6.71. The van der Waals surface area contributed by atoms with E-state index in [0.29, 0.717) is 47.7 Å². The topological polar surface area (TPSA) is 64.6 Å². The van der Waals surface area contributed by atoms with Crippen LogP contribution < -0.4 is 23.3 Å².